The van der Waals surface area contributed by atoms with Crippen molar-refractivity contribution in [3.05, 3.63) is 35.2 Å². The highest BCUT2D eigenvalue weighted by atomic mass is 35.5. The quantitative estimate of drug-likeness (QED) is 0.788. The lowest BCUT2D eigenvalue weighted by Gasteiger charge is -2.34. The molecule has 0 fully saturated rings. The number of rotatable bonds is 4. The van der Waals surface area contributed by atoms with Crippen LogP contribution in [0.4, 0.5) is 11.5 Å². The first-order valence-electron chi connectivity index (χ1n) is 7.28. The highest BCUT2D eigenvalue weighted by molar-refractivity contribution is 6.33. The van der Waals surface area contributed by atoms with E-state index in [9.17, 15) is 4.79 Å². The molecule has 0 unspecified atom stereocenters. The molecule has 24 heavy (non-hydrogen) atoms. The van der Waals surface area contributed by atoms with Crippen LogP contribution in [0.2, 0.25) is 5.15 Å². The fourth-order valence-electron chi connectivity index (χ4n) is 2.66. The van der Waals surface area contributed by atoms with E-state index in [1.807, 2.05) is 17.0 Å². The van der Waals surface area contributed by atoms with E-state index in [2.05, 4.69) is 9.97 Å². The lowest BCUT2D eigenvalue weighted by atomic mass is 10.1. The smallest absolute Gasteiger partial charge is 0.246 e. The molecule has 0 radical (unpaired) electrons. The maximum Gasteiger partial charge on any atom is 0.246 e. The van der Waals surface area contributed by atoms with E-state index in [1.165, 1.54) is 11.2 Å². The van der Waals surface area contributed by atoms with Crippen LogP contribution in [-0.2, 0) is 11.3 Å². The lowest BCUT2D eigenvalue weighted by Crippen LogP contribution is -2.44. The molecule has 1 aromatic carbocycles. The van der Waals surface area contributed by atoms with Gasteiger partial charge in [0.15, 0.2) is 11.0 Å². The van der Waals surface area contributed by atoms with Gasteiger partial charge in [-0.05, 0) is 12.1 Å². The minimum absolute atomic E-state index is 0.0771. The second-order valence-electron chi connectivity index (χ2n) is 5.32. The number of likely N-dealkylation sites (N-methyl/N-ethyl adjacent to an activating group) is 1. The summed E-state index contributed by atoms with van der Waals surface area (Å²) < 4.78 is 10.6. The first-order chi connectivity index (χ1) is 11.5. The number of methoxy groups -OCH3 is 2. The van der Waals surface area contributed by atoms with E-state index >= 15 is 0 Å². The van der Waals surface area contributed by atoms with Crippen molar-refractivity contribution in [2.45, 2.75) is 6.54 Å². The zero-order valence-corrected chi connectivity index (χ0v) is 14.4. The van der Waals surface area contributed by atoms with E-state index in [0.717, 1.165) is 5.56 Å². The number of amides is 1. The summed E-state index contributed by atoms with van der Waals surface area (Å²) in [7, 11) is 4.87. The SMILES string of the molecule is COc1ccc(CN2CC(=O)N(C)c3c(Cl)ncnc32)c(OC)c1. The highest BCUT2D eigenvalue weighted by Crippen LogP contribution is 2.37. The number of hydrogen-bond donors (Lipinski definition) is 0. The summed E-state index contributed by atoms with van der Waals surface area (Å²) in [5.41, 5.74) is 1.43. The van der Waals surface area contributed by atoms with Crippen molar-refractivity contribution >= 4 is 29.0 Å². The molecule has 0 saturated heterocycles. The molecule has 0 N–H and O–H groups in total. The first kappa shape index (κ1) is 16.3. The molecule has 2 heterocycles. The lowest BCUT2D eigenvalue weighted by molar-refractivity contribution is -0.117. The number of benzene rings is 1. The number of ether oxygens (including phenoxy) is 2. The van der Waals surface area contributed by atoms with Crippen LogP contribution in [0.1, 0.15) is 5.56 Å². The van der Waals surface area contributed by atoms with Gasteiger partial charge in [0.1, 0.15) is 23.5 Å². The number of carbonyl (C=O) groups is 1. The van der Waals surface area contributed by atoms with Crippen LogP contribution in [0.25, 0.3) is 0 Å². The summed E-state index contributed by atoms with van der Waals surface area (Å²) >= 11 is 6.16. The predicted octanol–water partition coefficient (Wildman–Crippen LogP) is 2.13. The number of hydrogen-bond acceptors (Lipinski definition) is 6. The predicted molar refractivity (Wildman–Crippen MR) is 91.0 cm³/mol. The Morgan fingerprint density at radius 1 is 1.25 bits per heavy atom. The molecule has 126 valence electrons. The van der Waals surface area contributed by atoms with Crippen LogP contribution in [0, 0.1) is 0 Å². The molecule has 1 aliphatic heterocycles. The Balaban J connectivity index is 1.98. The number of anilines is 2. The molecule has 1 amide bonds. The van der Waals surface area contributed by atoms with Crippen molar-refractivity contribution in [2.24, 2.45) is 0 Å². The first-order valence-corrected chi connectivity index (χ1v) is 7.66. The topological polar surface area (TPSA) is 67.8 Å². The van der Waals surface area contributed by atoms with Gasteiger partial charge in [-0.2, -0.15) is 0 Å². The molecule has 0 bridgehead atoms. The van der Waals surface area contributed by atoms with E-state index < -0.39 is 0 Å². The summed E-state index contributed by atoms with van der Waals surface area (Å²) in [6.45, 7) is 0.652. The van der Waals surface area contributed by atoms with Crippen molar-refractivity contribution in [1.29, 1.82) is 0 Å². The Morgan fingerprint density at radius 2 is 2.04 bits per heavy atom. The van der Waals surface area contributed by atoms with Gasteiger partial charge in [-0.3, -0.25) is 4.79 Å². The Kier molecular flexibility index (Phi) is 4.44. The minimum Gasteiger partial charge on any atom is -0.497 e. The van der Waals surface area contributed by atoms with Crippen LogP contribution >= 0.6 is 11.6 Å². The maximum atomic E-state index is 12.3. The fourth-order valence-corrected chi connectivity index (χ4v) is 2.91. The summed E-state index contributed by atoms with van der Waals surface area (Å²) in [4.78, 5) is 23.9. The third-order valence-corrected chi connectivity index (χ3v) is 4.23. The zero-order valence-electron chi connectivity index (χ0n) is 13.6. The van der Waals surface area contributed by atoms with Gasteiger partial charge in [0.25, 0.3) is 0 Å². The van der Waals surface area contributed by atoms with Crippen molar-refractivity contribution in [3.63, 3.8) is 0 Å². The highest BCUT2D eigenvalue weighted by Gasteiger charge is 2.31. The van der Waals surface area contributed by atoms with Gasteiger partial charge in [-0.15, -0.1) is 0 Å². The molecule has 0 spiro atoms. The van der Waals surface area contributed by atoms with Crippen molar-refractivity contribution in [3.8, 4) is 11.5 Å². The molecule has 3 rings (SSSR count). The maximum absolute atomic E-state index is 12.3. The van der Waals surface area contributed by atoms with Crippen molar-refractivity contribution < 1.29 is 14.3 Å². The minimum atomic E-state index is -0.0771. The second kappa shape index (κ2) is 6.52. The number of nitrogens with zero attached hydrogens (tertiary/aromatic N) is 4. The molecular weight excluding hydrogens is 332 g/mol. The summed E-state index contributed by atoms with van der Waals surface area (Å²) in [5.74, 6) is 1.93. The average molecular weight is 349 g/mol. The number of carbonyl (C=O) groups excluding carboxylic acids is 1. The molecule has 8 heteroatoms. The molecule has 0 atom stereocenters. The number of fused-ring (bicyclic) bond motifs is 1. The van der Waals surface area contributed by atoms with E-state index in [-0.39, 0.29) is 17.6 Å². The van der Waals surface area contributed by atoms with Crippen LogP contribution in [-0.4, -0.2) is 43.7 Å². The van der Waals surface area contributed by atoms with Crippen molar-refractivity contribution in [2.75, 3.05) is 37.6 Å². The van der Waals surface area contributed by atoms with E-state index in [0.29, 0.717) is 29.5 Å². The number of aromatic nitrogens is 2. The summed E-state index contributed by atoms with van der Waals surface area (Å²) in [6, 6.07) is 5.56. The van der Waals surface area contributed by atoms with Gasteiger partial charge in [-0.1, -0.05) is 11.6 Å². The Morgan fingerprint density at radius 3 is 2.75 bits per heavy atom. The third kappa shape index (κ3) is 2.82. The van der Waals surface area contributed by atoms with Crippen LogP contribution in [0.15, 0.2) is 24.5 Å². The van der Waals surface area contributed by atoms with Crippen molar-refractivity contribution in [1.82, 2.24) is 9.97 Å². The van der Waals surface area contributed by atoms with Crippen LogP contribution in [0.3, 0.4) is 0 Å². The Hall–Kier alpha value is -2.54. The second-order valence-corrected chi connectivity index (χ2v) is 5.68. The fraction of sp³-hybridized carbons (Fsp3) is 0.312. The molecule has 2 aromatic rings. The van der Waals surface area contributed by atoms with Crippen LogP contribution < -0.4 is 19.3 Å². The van der Waals surface area contributed by atoms with Gasteiger partial charge >= 0.3 is 0 Å². The Bertz CT molecular complexity index is 784. The van der Waals surface area contributed by atoms with Gasteiger partial charge in [0.2, 0.25) is 5.91 Å². The zero-order chi connectivity index (χ0) is 17.3. The standard InChI is InChI=1S/C16H17ClN4O3/c1-20-13(22)8-21(16-14(20)15(17)18-9-19-16)7-10-4-5-11(23-2)6-12(10)24-3/h4-6,9H,7-8H2,1-3H3. The summed E-state index contributed by atoms with van der Waals surface area (Å²) in [6.07, 6.45) is 1.39. The summed E-state index contributed by atoms with van der Waals surface area (Å²) in [5, 5.41) is 0.252. The molecule has 1 aliphatic rings. The van der Waals surface area contributed by atoms with E-state index in [4.69, 9.17) is 21.1 Å². The molecule has 0 aliphatic carbocycles. The number of halogens is 1. The largest absolute Gasteiger partial charge is 0.497 e. The van der Waals surface area contributed by atoms with Gasteiger partial charge < -0.3 is 19.3 Å². The average Bonchev–Trinajstić information content (AvgIpc) is 2.59. The Labute approximate surface area is 144 Å². The monoisotopic (exact) mass is 348 g/mol. The van der Waals surface area contributed by atoms with Gasteiger partial charge in [0, 0.05) is 25.2 Å². The normalized spacial score (nSPS) is 13.8. The molecule has 1 aromatic heterocycles. The molecular formula is C16H17ClN4O3. The molecule has 0 saturated carbocycles. The van der Waals surface area contributed by atoms with Crippen LogP contribution in [0.5, 0.6) is 11.5 Å². The van der Waals surface area contributed by atoms with Gasteiger partial charge in [-0.25, -0.2) is 9.97 Å². The third-order valence-electron chi connectivity index (χ3n) is 3.95. The molecule has 7 nitrogen and oxygen atoms in total. The van der Waals surface area contributed by atoms with Gasteiger partial charge in [0.05, 0.1) is 20.8 Å². The van der Waals surface area contributed by atoms with E-state index in [1.54, 1.807) is 27.3 Å².